The molecule has 0 unspecified atom stereocenters. The standard InChI is InChI=1S/C25H31NO6/c1-6-31-11-12-32-25(29)20-16(4)26-18-13-15(3)19(24(28)30-5)23(27)22(18)21(20)17-9-7-14(2)8-10-17/h7-10,15,19,21,26H,6,11-13H2,1-5H3/t15-,19+,21+/m1/s1. The molecule has 0 bridgehead atoms. The van der Waals surface area contributed by atoms with Crippen LogP contribution in [0, 0.1) is 18.8 Å². The molecule has 3 atom stereocenters. The summed E-state index contributed by atoms with van der Waals surface area (Å²) in [6.45, 7) is 8.46. The highest BCUT2D eigenvalue weighted by atomic mass is 16.6. The Hall–Kier alpha value is -2.93. The molecule has 2 aliphatic rings. The molecule has 1 aromatic carbocycles. The second-order valence-corrected chi connectivity index (χ2v) is 8.28. The number of allylic oxidation sites excluding steroid dienone is 3. The molecule has 0 fully saturated rings. The molecule has 7 heteroatoms. The van der Waals surface area contributed by atoms with E-state index in [0.29, 0.717) is 36.5 Å². The van der Waals surface area contributed by atoms with Crippen molar-refractivity contribution in [2.45, 2.75) is 40.0 Å². The van der Waals surface area contributed by atoms with Crippen molar-refractivity contribution in [3.05, 3.63) is 57.9 Å². The summed E-state index contributed by atoms with van der Waals surface area (Å²) >= 11 is 0. The van der Waals surface area contributed by atoms with Crippen molar-refractivity contribution in [2.24, 2.45) is 11.8 Å². The first-order chi connectivity index (χ1) is 15.3. The van der Waals surface area contributed by atoms with E-state index in [4.69, 9.17) is 14.2 Å². The quantitative estimate of drug-likeness (QED) is 0.395. The number of ether oxygens (including phenoxy) is 3. The van der Waals surface area contributed by atoms with Gasteiger partial charge in [-0.15, -0.1) is 0 Å². The van der Waals surface area contributed by atoms with E-state index >= 15 is 0 Å². The number of Topliss-reactive ketones (excluding diaryl/α,β-unsaturated/α-hetero) is 1. The number of esters is 2. The number of ketones is 1. The summed E-state index contributed by atoms with van der Waals surface area (Å²) in [5, 5.41) is 3.25. The molecule has 0 amide bonds. The molecule has 1 heterocycles. The average molecular weight is 442 g/mol. The van der Waals surface area contributed by atoms with Crippen LogP contribution in [0.15, 0.2) is 46.8 Å². The summed E-state index contributed by atoms with van der Waals surface area (Å²) in [5.74, 6) is -3.11. The Morgan fingerprint density at radius 2 is 1.81 bits per heavy atom. The average Bonchev–Trinajstić information content (AvgIpc) is 2.76. The fourth-order valence-electron chi connectivity index (χ4n) is 4.46. The number of benzene rings is 1. The summed E-state index contributed by atoms with van der Waals surface area (Å²) < 4.78 is 15.7. The highest BCUT2D eigenvalue weighted by Crippen LogP contribution is 2.45. The van der Waals surface area contributed by atoms with E-state index in [-0.39, 0.29) is 18.3 Å². The zero-order valence-corrected chi connectivity index (χ0v) is 19.3. The molecule has 0 aromatic heterocycles. The van der Waals surface area contributed by atoms with Gasteiger partial charge in [0.1, 0.15) is 12.5 Å². The van der Waals surface area contributed by atoms with Gasteiger partial charge in [-0.3, -0.25) is 9.59 Å². The topological polar surface area (TPSA) is 90.9 Å². The van der Waals surface area contributed by atoms with Crippen LogP contribution in [0.5, 0.6) is 0 Å². The summed E-state index contributed by atoms with van der Waals surface area (Å²) in [6, 6.07) is 7.71. The summed E-state index contributed by atoms with van der Waals surface area (Å²) in [7, 11) is 1.29. The monoisotopic (exact) mass is 441 g/mol. The van der Waals surface area contributed by atoms with Crippen LogP contribution in [-0.4, -0.2) is 44.7 Å². The Labute approximate surface area is 188 Å². The van der Waals surface area contributed by atoms with E-state index in [2.05, 4.69) is 5.32 Å². The van der Waals surface area contributed by atoms with Gasteiger partial charge in [-0.05, 0) is 38.7 Å². The van der Waals surface area contributed by atoms with Crippen LogP contribution in [0.2, 0.25) is 0 Å². The lowest BCUT2D eigenvalue weighted by Gasteiger charge is -2.38. The lowest BCUT2D eigenvalue weighted by molar-refractivity contribution is -0.151. The predicted molar refractivity (Wildman–Crippen MR) is 119 cm³/mol. The number of nitrogens with one attached hydrogen (secondary N) is 1. The Morgan fingerprint density at radius 1 is 1.12 bits per heavy atom. The van der Waals surface area contributed by atoms with Crippen molar-refractivity contribution in [3.8, 4) is 0 Å². The molecule has 0 saturated heterocycles. The molecule has 172 valence electrons. The summed E-state index contributed by atoms with van der Waals surface area (Å²) in [5.41, 5.74) is 4.06. The number of carbonyl (C=O) groups excluding carboxylic acids is 3. The van der Waals surface area contributed by atoms with Crippen LogP contribution >= 0.6 is 0 Å². The van der Waals surface area contributed by atoms with Crippen LogP contribution in [-0.2, 0) is 28.6 Å². The van der Waals surface area contributed by atoms with Gasteiger partial charge in [0, 0.05) is 29.5 Å². The van der Waals surface area contributed by atoms with Crippen molar-refractivity contribution in [2.75, 3.05) is 26.9 Å². The third-order valence-corrected chi connectivity index (χ3v) is 6.04. The van der Waals surface area contributed by atoms with Crippen molar-refractivity contribution in [3.63, 3.8) is 0 Å². The molecule has 1 N–H and O–H groups in total. The van der Waals surface area contributed by atoms with Gasteiger partial charge >= 0.3 is 11.9 Å². The number of dihydropyridines is 1. The molecule has 0 saturated carbocycles. The van der Waals surface area contributed by atoms with Gasteiger partial charge < -0.3 is 19.5 Å². The van der Waals surface area contributed by atoms with E-state index in [0.717, 1.165) is 16.8 Å². The third-order valence-electron chi connectivity index (χ3n) is 6.04. The van der Waals surface area contributed by atoms with Gasteiger partial charge in [-0.1, -0.05) is 36.8 Å². The van der Waals surface area contributed by atoms with Gasteiger partial charge in [0.05, 0.1) is 19.3 Å². The zero-order chi connectivity index (χ0) is 23.4. The van der Waals surface area contributed by atoms with E-state index in [1.165, 1.54) is 7.11 Å². The van der Waals surface area contributed by atoms with E-state index < -0.39 is 23.8 Å². The number of hydrogen-bond acceptors (Lipinski definition) is 7. The summed E-state index contributed by atoms with van der Waals surface area (Å²) in [6.07, 6.45) is 0.507. The lowest BCUT2D eigenvalue weighted by Crippen LogP contribution is -2.43. The summed E-state index contributed by atoms with van der Waals surface area (Å²) in [4.78, 5) is 39.2. The van der Waals surface area contributed by atoms with Crippen molar-refractivity contribution >= 4 is 17.7 Å². The van der Waals surface area contributed by atoms with E-state index in [1.807, 2.05) is 52.0 Å². The van der Waals surface area contributed by atoms with Gasteiger partial charge in [-0.2, -0.15) is 0 Å². The molecular weight excluding hydrogens is 410 g/mol. The first kappa shape index (κ1) is 23.7. The molecule has 0 radical (unpaired) electrons. The molecule has 1 aliphatic heterocycles. The molecular formula is C25H31NO6. The van der Waals surface area contributed by atoms with Crippen LogP contribution in [0.25, 0.3) is 0 Å². The molecule has 7 nitrogen and oxygen atoms in total. The number of aryl methyl sites for hydroxylation is 1. The first-order valence-corrected chi connectivity index (χ1v) is 10.9. The number of hydrogen-bond donors (Lipinski definition) is 1. The van der Waals surface area contributed by atoms with Gasteiger partial charge in [0.2, 0.25) is 0 Å². The van der Waals surface area contributed by atoms with E-state index in [9.17, 15) is 14.4 Å². The highest BCUT2D eigenvalue weighted by Gasteiger charge is 2.47. The van der Waals surface area contributed by atoms with Crippen LogP contribution in [0.1, 0.15) is 44.2 Å². The van der Waals surface area contributed by atoms with Gasteiger partial charge in [0.15, 0.2) is 5.78 Å². The normalized spacial score (nSPS) is 22.9. The molecule has 1 aromatic rings. The fourth-order valence-corrected chi connectivity index (χ4v) is 4.46. The maximum Gasteiger partial charge on any atom is 0.336 e. The SMILES string of the molecule is CCOCCOC(=O)C1=C(C)NC2=C(C(=O)[C@@H](C(=O)OC)[C@H](C)C2)[C@H]1c1ccc(C)cc1. The predicted octanol–water partition coefficient (Wildman–Crippen LogP) is 3.19. The highest BCUT2D eigenvalue weighted by molar-refractivity contribution is 6.12. The van der Waals surface area contributed by atoms with Crippen molar-refractivity contribution < 1.29 is 28.6 Å². The Kier molecular flexibility index (Phi) is 7.51. The second-order valence-electron chi connectivity index (χ2n) is 8.28. The van der Waals surface area contributed by atoms with E-state index in [1.54, 1.807) is 0 Å². The van der Waals surface area contributed by atoms with Crippen LogP contribution in [0.3, 0.4) is 0 Å². The number of carbonyl (C=O) groups is 3. The molecule has 3 rings (SSSR count). The maximum atomic E-state index is 13.6. The Morgan fingerprint density at radius 3 is 2.44 bits per heavy atom. The van der Waals surface area contributed by atoms with Crippen molar-refractivity contribution in [1.82, 2.24) is 5.32 Å². The van der Waals surface area contributed by atoms with Crippen molar-refractivity contribution in [1.29, 1.82) is 0 Å². The Balaban J connectivity index is 2.06. The van der Waals surface area contributed by atoms with Gasteiger partial charge in [0.25, 0.3) is 0 Å². The second kappa shape index (κ2) is 10.1. The largest absolute Gasteiger partial charge is 0.468 e. The lowest BCUT2D eigenvalue weighted by atomic mass is 9.69. The van der Waals surface area contributed by atoms with Crippen LogP contribution in [0.4, 0.5) is 0 Å². The molecule has 0 spiro atoms. The van der Waals surface area contributed by atoms with Gasteiger partial charge in [-0.25, -0.2) is 4.79 Å². The minimum Gasteiger partial charge on any atom is -0.468 e. The Bertz CT molecular complexity index is 959. The number of methoxy groups -OCH3 is 1. The third kappa shape index (κ3) is 4.63. The smallest absolute Gasteiger partial charge is 0.336 e. The van der Waals surface area contributed by atoms with Crippen LogP contribution < -0.4 is 5.32 Å². The molecule has 1 aliphatic carbocycles. The molecule has 32 heavy (non-hydrogen) atoms. The first-order valence-electron chi connectivity index (χ1n) is 10.9. The number of rotatable bonds is 7. The minimum absolute atomic E-state index is 0.117. The fraction of sp³-hybridized carbons (Fsp3) is 0.480. The maximum absolute atomic E-state index is 13.6. The zero-order valence-electron chi connectivity index (χ0n) is 19.3. The minimum atomic E-state index is -0.901.